The number of guanidine groups is 1. The van der Waals surface area contributed by atoms with Crippen molar-refractivity contribution in [1.82, 2.24) is 25.3 Å². The number of carbonyl (C=O) groups is 1. The fourth-order valence-corrected chi connectivity index (χ4v) is 3.87. The molecule has 1 aromatic carbocycles. The first-order valence-corrected chi connectivity index (χ1v) is 10.9. The number of carbonyl (C=O) groups excluding carboxylic acids is 1. The average Bonchev–Trinajstić information content (AvgIpc) is 3.08. The van der Waals surface area contributed by atoms with Gasteiger partial charge in [0.25, 0.3) is 0 Å². The lowest BCUT2D eigenvalue weighted by Crippen LogP contribution is -2.39. The molecule has 0 bridgehead atoms. The summed E-state index contributed by atoms with van der Waals surface area (Å²) in [5.41, 5.74) is 4.90. The van der Waals surface area contributed by atoms with Crippen molar-refractivity contribution in [1.29, 1.82) is 0 Å². The monoisotopic (exact) mass is 410 g/mol. The van der Waals surface area contributed by atoms with Crippen LogP contribution in [0.2, 0.25) is 0 Å². The van der Waals surface area contributed by atoms with Crippen molar-refractivity contribution in [2.75, 3.05) is 26.7 Å². The van der Waals surface area contributed by atoms with Crippen molar-refractivity contribution < 1.29 is 4.79 Å². The molecular weight excluding hydrogens is 376 g/mol. The van der Waals surface area contributed by atoms with Crippen LogP contribution >= 0.6 is 0 Å². The first-order valence-electron chi connectivity index (χ1n) is 10.9. The van der Waals surface area contributed by atoms with Crippen LogP contribution in [0.1, 0.15) is 41.8 Å². The molecule has 1 aliphatic rings. The Labute approximate surface area is 179 Å². The number of hydrogen-bond donors (Lipinski definition) is 2. The standard InChI is InChI=1S/C23H34N6O/c1-18-16-19(2)29(27-18)14-7-13-26-23(24-3)25-12-6-10-22(30)28-15-11-20-8-4-5-9-21(20)17-28/h4-5,8-9,16H,6-7,10-15,17H2,1-3H3,(H2,24,25,26). The van der Waals surface area contributed by atoms with Crippen LogP contribution < -0.4 is 10.6 Å². The number of hydrogen-bond acceptors (Lipinski definition) is 3. The maximum absolute atomic E-state index is 12.5. The van der Waals surface area contributed by atoms with E-state index in [0.717, 1.165) is 63.6 Å². The molecule has 1 aromatic heterocycles. The molecule has 7 nitrogen and oxygen atoms in total. The number of aliphatic imine (C=N–C) groups is 1. The highest BCUT2D eigenvalue weighted by molar-refractivity contribution is 5.80. The van der Waals surface area contributed by atoms with Gasteiger partial charge in [-0.15, -0.1) is 0 Å². The average molecular weight is 411 g/mol. The third-order valence-corrected chi connectivity index (χ3v) is 5.51. The molecule has 2 aromatic rings. The number of aromatic nitrogens is 2. The zero-order chi connectivity index (χ0) is 21.3. The van der Waals surface area contributed by atoms with Gasteiger partial charge in [0.15, 0.2) is 5.96 Å². The van der Waals surface area contributed by atoms with Crippen LogP contribution in [0.4, 0.5) is 0 Å². The first kappa shape index (κ1) is 21.9. The number of nitrogens with zero attached hydrogens (tertiary/aromatic N) is 4. The van der Waals surface area contributed by atoms with Gasteiger partial charge in [0.05, 0.1) is 5.69 Å². The van der Waals surface area contributed by atoms with Crippen molar-refractivity contribution in [3.63, 3.8) is 0 Å². The van der Waals surface area contributed by atoms with Crippen LogP contribution in [0.15, 0.2) is 35.3 Å². The number of aryl methyl sites for hydroxylation is 3. The van der Waals surface area contributed by atoms with Gasteiger partial charge >= 0.3 is 0 Å². The Morgan fingerprint density at radius 3 is 2.57 bits per heavy atom. The van der Waals surface area contributed by atoms with Crippen molar-refractivity contribution in [3.8, 4) is 0 Å². The summed E-state index contributed by atoms with van der Waals surface area (Å²) >= 11 is 0. The summed E-state index contributed by atoms with van der Waals surface area (Å²) in [6.07, 6.45) is 3.28. The summed E-state index contributed by atoms with van der Waals surface area (Å²) in [7, 11) is 1.77. The van der Waals surface area contributed by atoms with Crippen molar-refractivity contribution in [3.05, 3.63) is 52.8 Å². The number of nitrogens with one attached hydrogen (secondary N) is 2. The molecule has 0 saturated carbocycles. The lowest BCUT2D eigenvalue weighted by atomic mass is 9.99. The molecule has 2 heterocycles. The Kier molecular flexibility index (Phi) is 7.88. The lowest BCUT2D eigenvalue weighted by Gasteiger charge is -2.29. The van der Waals surface area contributed by atoms with E-state index in [2.05, 4.69) is 51.9 Å². The van der Waals surface area contributed by atoms with Gasteiger partial charge in [0, 0.05) is 51.9 Å². The van der Waals surface area contributed by atoms with Crippen LogP contribution in [0.5, 0.6) is 0 Å². The largest absolute Gasteiger partial charge is 0.356 e. The lowest BCUT2D eigenvalue weighted by molar-refractivity contribution is -0.132. The van der Waals surface area contributed by atoms with E-state index in [1.807, 2.05) is 22.6 Å². The minimum absolute atomic E-state index is 0.235. The third-order valence-electron chi connectivity index (χ3n) is 5.51. The van der Waals surface area contributed by atoms with Crippen LogP contribution in [0, 0.1) is 13.8 Å². The maximum Gasteiger partial charge on any atom is 0.222 e. The molecule has 2 N–H and O–H groups in total. The van der Waals surface area contributed by atoms with Gasteiger partial charge in [-0.3, -0.25) is 14.5 Å². The Bertz CT molecular complexity index is 872. The van der Waals surface area contributed by atoms with E-state index in [0.29, 0.717) is 6.42 Å². The molecule has 162 valence electrons. The molecule has 1 aliphatic heterocycles. The summed E-state index contributed by atoms with van der Waals surface area (Å²) in [6.45, 7) is 8.09. The van der Waals surface area contributed by atoms with Gasteiger partial charge in [0.2, 0.25) is 5.91 Å². The zero-order valence-corrected chi connectivity index (χ0v) is 18.4. The molecule has 0 aliphatic carbocycles. The topological polar surface area (TPSA) is 74.6 Å². The number of rotatable bonds is 8. The fraction of sp³-hybridized carbons (Fsp3) is 0.522. The molecule has 7 heteroatoms. The molecule has 0 saturated heterocycles. The summed E-state index contributed by atoms with van der Waals surface area (Å²) in [4.78, 5) is 18.8. The molecular formula is C23H34N6O. The highest BCUT2D eigenvalue weighted by atomic mass is 16.2. The molecule has 0 radical (unpaired) electrons. The van der Waals surface area contributed by atoms with Crippen LogP contribution in [-0.4, -0.2) is 53.2 Å². The quantitative estimate of drug-likeness (QED) is 0.398. The minimum atomic E-state index is 0.235. The summed E-state index contributed by atoms with van der Waals surface area (Å²) < 4.78 is 2.04. The van der Waals surface area contributed by atoms with E-state index >= 15 is 0 Å². The van der Waals surface area contributed by atoms with Gasteiger partial charge in [-0.25, -0.2) is 0 Å². The van der Waals surface area contributed by atoms with Crippen LogP contribution in [0.25, 0.3) is 0 Å². The van der Waals surface area contributed by atoms with Gasteiger partial charge in [-0.2, -0.15) is 5.10 Å². The van der Waals surface area contributed by atoms with Gasteiger partial charge in [-0.05, 0) is 50.3 Å². The van der Waals surface area contributed by atoms with E-state index in [-0.39, 0.29) is 5.91 Å². The number of fused-ring (bicyclic) bond motifs is 1. The van der Waals surface area contributed by atoms with E-state index < -0.39 is 0 Å². The molecule has 30 heavy (non-hydrogen) atoms. The minimum Gasteiger partial charge on any atom is -0.356 e. The Morgan fingerprint density at radius 1 is 1.13 bits per heavy atom. The van der Waals surface area contributed by atoms with Gasteiger partial charge in [-0.1, -0.05) is 24.3 Å². The maximum atomic E-state index is 12.5. The van der Waals surface area contributed by atoms with Crippen LogP contribution in [-0.2, 0) is 24.3 Å². The molecule has 0 spiro atoms. The molecule has 0 atom stereocenters. The molecule has 0 unspecified atom stereocenters. The van der Waals surface area contributed by atoms with Gasteiger partial charge in [0.1, 0.15) is 0 Å². The molecule has 1 amide bonds. The normalized spacial score (nSPS) is 13.8. The van der Waals surface area contributed by atoms with E-state index in [4.69, 9.17) is 0 Å². The van der Waals surface area contributed by atoms with E-state index in [1.165, 1.54) is 16.8 Å². The second-order valence-corrected chi connectivity index (χ2v) is 7.87. The highest BCUT2D eigenvalue weighted by Crippen LogP contribution is 2.19. The second kappa shape index (κ2) is 10.8. The number of benzene rings is 1. The fourth-order valence-electron chi connectivity index (χ4n) is 3.87. The van der Waals surface area contributed by atoms with Crippen LogP contribution in [0.3, 0.4) is 0 Å². The van der Waals surface area contributed by atoms with Crippen molar-refractivity contribution >= 4 is 11.9 Å². The predicted molar refractivity (Wildman–Crippen MR) is 120 cm³/mol. The predicted octanol–water partition coefficient (Wildman–Crippen LogP) is 2.42. The Hall–Kier alpha value is -2.83. The molecule has 0 fully saturated rings. The third kappa shape index (κ3) is 6.08. The second-order valence-electron chi connectivity index (χ2n) is 7.87. The summed E-state index contributed by atoms with van der Waals surface area (Å²) in [5, 5.41) is 11.1. The van der Waals surface area contributed by atoms with Crippen molar-refractivity contribution in [2.45, 2.75) is 52.6 Å². The highest BCUT2D eigenvalue weighted by Gasteiger charge is 2.19. The number of amides is 1. The SMILES string of the molecule is CN=C(NCCCC(=O)N1CCc2ccccc2C1)NCCCn1nc(C)cc1C. The molecule has 3 rings (SSSR count). The van der Waals surface area contributed by atoms with Gasteiger partial charge < -0.3 is 15.5 Å². The first-order chi connectivity index (χ1) is 14.6. The summed E-state index contributed by atoms with van der Waals surface area (Å²) in [6, 6.07) is 10.5. The Balaban J connectivity index is 1.30. The van der Waals surface area contributed by atoms with E-state index in [9.17, 15) is 4.79 Å². The Morgan fingerprint density at radius 2 is 1.87 bits per heavy atom. The zero-order valence-electron chi connectivity index (χ0n) is 18.4. The smallest absolute Gasteiger partial charge is 0.222 e. The van der Waals surface area contributed by atoms with E-state index in [1.54, 1.807) is 7.05 Å². The van der Waals surface area contributed by atoms with Crippen molar-refractivity contribution in [2.24, 2.45) is 4.99 Å². The summed E-state index contributed by atoms with van der Waals surface area (Å²) in [5.74, 6) is 1.02.